The number of nitrogens with one attached hydrogen (secondary N) is 1. The molecule has 3 heteroatoms. The lowest BCUT2D eigenvalue weighted by Gasteiger charge is -2.32. The topological polar surface area (TPSA) is 15.3 Å². The molecular formula is C15H15BrN2. The first-order valence-corrected chi connectivity index (χ1v) is 6.91. The number of nitrogens with zero attached hydrogens (tertiary/aromatic N) is 1. The van der Waals surface area contributed by atoms with Gasteiger partial charge in [0.25, 0.3) is 0 Å². The van der Waals surface area contributed by atoms with Crippen LogP contribution in [0, 0.1) is 6.92 Å². The van der Waals surface area contributed by atoms with Crippen LogP contribution in [0.3, 0.4) is 0 Å². The number of aryl methyl sites for hydroxylation is 1. The molecule has 0 amide bonds. The van der Waals surface area contributed by atoms with E-state index in [1.807, 2.05) is 0 Å². The maximum atomic E-state index is 3.55. The Hall–Kier alpha value is -1.48. The summed E-state index contributed by atoms with van der Waals surface area (Å²) in [6, 6.07) is 15.0. The summed E-state index contributed by atoms with van der Waals surface area (Å²) in [5.41, 5.74) is 4.99. The summed E-state index contributed by atoms with van der Waals surface area (Å²) in [6.45, 7) is 4.10. The first-order valence-electron chi connectivity index (χ1n) is 6.12. The van der Waals surface area contributed by atoms with Crippen molar-refractivity contribution >= 4 is 33.0 Å². The first-order chi connectivity index (χ1) is 8.74. The highest BCUT2D eigenvalue weighted by atomic mass is 79.9. The van der Waals surface area contributed by atoms with Gasteiger partial charge < -0.3 is 10.2 Å². The number of benzene rings is 2. The van der Waals surface area contributed by atoms with Crippen LogP contribution in [-0.4, -0.2) is 13.1 Å². The van der Waals surface area contributed by atoms with Crippen molar-refractivity contribution < 1.29 is 0 Å². The van der Waals surface area contributed by atoms with Gasteiger partial charge in [0, 0.05) is 23.2 Å². The minimum atomic E-state index is 0.975. The molecule has 1 aliphatic rings. The molecule has 1 heterocycles. The lowest BCUT2D eigenvalue weighted by atomic mass is 10.1. The zero-order valence-corrected chi connectivity index (χ0v) is 11.9. The molecule has 0 bridgehead atoms. The Kier molecular flexibility index (Phi) is 3.00. The SMILES string of the molecule is Cc1cccc(N2CCNc3ccc(Br)cc32)c1. The Balaban J connectivity index is 2.08. The summed E-state index contributed by atoms with van der Waals surface area (Å²) in [7, 11) is 0. The standard InChI is InChI=1S/C15H15BrN2/c1-11-3-2-4-13(9-11)18-8-7-17-14-6-5-12(16)10-15(14)18/h2-6,9-10,17H,7-8H2,1H3. The van der Waals surface area contributed by atoms with Crippen molar-refractivity contribution in [2.75, 3.05) is 23.3 Å². The molecule has 92 valence electrons. The van der Waals surface area contributed by atoms with Crippen LogP contribution < -0.4 is 10.2 Å². The maximum absolute atomic E-state index is 3.55. The summed E-state index contributed by atoms with van der Waals surface area (Å²) >= 11 is 3.55. The molecule has 0 aromatic heterocycles. The lowest BCUT2D eigenvalue weighted by Crippen LogP contribution is -2.30. The summed E-state index contributed by atoms with van der Waals surface area (Å²) in [5.74, 6) is 0. The molecular weight excluding hydrogens is 288 g/mol. The molecule has 2 nitrogen and oxygen atoms in total. The fourth-order valence-corrected chi connectivity index (χ4v) is 2.71. The van der Waals surface area contributed by atoms with E-state index in [4.69, 9.17) is 0 Å². The van der Waals surface area contributed by atoms with Crippen molar-refractivity contribution in [3.63, 3.8) is 0 Å². The third-order valence-electron chi connectivity index (χ3n) is 3.21. The van der Waals surface area contributed by atoms with Crippen LogP contribution in [0.4, 0.5) is 17.1 Å². The van der Waals surface area contributed by atoms with Gasteiger partial charge in [-0.05, 0) is 42.8 Å². The van der Waals surface area contributed by atoms with Gasteiger partial charge in [0.1, 0.15) is 0 Å². The second-order valence-corrected chi connectivity index (χ2v) is 5.49. The molecule has 0 unspecified atom stereocenters. The van der Waals surface area contributed by atoms with Gasteiger partial charge in [-0.15, -0.1) is 0 Å². The molecule has 2 aromatic carbocycles. The highest BCUT2D eigenvalue weighted by molar-refractivity contribution is 9.10. The van der Waals surface area contributed by atoms with Gasteiger partial charge in [-0.25, -0.2) is 0 Å². The van der Waals surface area contributed by atoms with E-state index in [0.29, 0.717) is 0 Å². The number of hydrogen-bond donors (Lipinski definition) is 1. The molecule has 0 saturated heterocycles. The Morgan fingerprint density at radius 2 is 2.06 bits per heavy atom. The van der Waals surface area contributed by atoms with E-state index in [0.717, 1.165) is 17.6 Å². The fourth-order valence-electron chi connectivity index (χ4n) is 2.36. The van der Waals surface area contributed by atoms with Crippen LogP contribution in [0.15, 0.2) is 46.9 Å². The molecule has 0 saturated carbocycles. The number of hydrogen-bond acceptors (Lipinski definition) is 2. The van der Waals surface area contributed by atoms with Crippen LogP contribution in [0.2, 0.25) is 0 Å². The van der Waals surface area contributed by atoms with Crippen LogP contribution in [-0.2, 0) is 0 Å². The molecule has 0 radical (unpaired) electrons. The Morgan fingerprint density at radius 3 is 2.89 bits per heavy atom. The van der Waals surface area contributed by atoms with Gasteiger partial charge in [0.05, 0.1) is 11.4 Å². The Morgan fingerprint density at radius 1 is 1.17 bits per heavy atom. The minimum Gasteiger partial charge on any atom is -0.382 e. The highest BCUT2D eigenvalue weighted by Crippen LogP contribution is 2.36. The average molecular weight is 303 g/mol. The number of anilines is 3. The van der Waals surface area contributed by atoms with E-state index in [1.165, 1.54) is 22.6 Å². The molecule has 2 aromatic rings. The van der Waals surface area contributed by atoms with Gasteiger partial charge in [0.15, 0.2) is 0 Å². The van der Waals surface area contributed by atoms with Crippen molar-refractivity contribution in [3.8, 4) is 0 Å². The van der Waals surface area contributed by atoms with Crippen molar-refractivity contribution in [1.82, 2.24) is 0 Å². The summed E-state index contributed by atoms with van der Waals surface area (Å²) < 4.78 is 1.11. The number of fused-ring (bicyclic) bond motifs is 1. The molecule has 0 spiro atoms. The van der Waals surface area contributed by atoms with Crippen LogP contribution >= 0.6 is 15.9 Å². The second kappa shape index (κ2) is 4.65. The first kappa shape index (κ1) is 11.6. The van der Waals surface area contributed by atoms with Crippen LogP contribution in [0.5, 0.6) is 0 Å². The monoisotopic (exact) mass is 302 g/mol. The molecule has 18 heavy (non-hydrogen) atoms. The Bertz CT molecular complexity index is 580. The smallest absolute Gasteiger partial charge is 0.0658 e. The maximum Gasteiger partial charge on any atom is 0.0658 e. The zero-order valence-electron chi connectivity index (χ0n) is 10.3. The van der Waals surface area contributed by atoms with E-state index in [-0.39, 0.29) is 0 Å². The fraction of sp³-hybridized carbons (Fsp3) is 0.200. The van der Waals surface area contributed by atoms with Crippen LogP contribution in [0.1, 0.15) is 5.56 Å². The van der Waals surface area contributed by atoms with Crippen molar-refractivity contribution in [1.29, 1.82) is 0 Å². The zero-order chi connectivity index (χ0) is 12.5. The largest absolute Gasteiger partial charge is 0.382 e. The predicted octanol–water partition coefficient (Wildman–Crippen LogP) is 4.32. The summed E-state index contributed by atoms with van der Waals surface area (Å²) in [5, 5.41) is 3.44. The Labute approximate surface area is 116 Å². The third-order valence-corrected chi connectivity index (χ3v) is 3.71. The van der Waals surface area contributed by atoms with Crippen LogP contribution in [0.25, 0.3) is 0 Å². The van der Waals surface area contributed by atoms with E-state index < -0.39 is 0 Å². The van der Waals surface area contributed by atoms with Gasteiger partial charge >= 0.3 is 0 Å². The number of halogens is 1. The third kappa shape index (κ3) is 2.10. The molecule has 0 aliphatic carbocycles. The molecule has 0 fully saturated rings. The van der Waals surface area contributed by atoms with Gasteiger partial charge in [-0.3, -0.25) is 0 Å². The van der Waals surface area contributed by atoms with E-state index in [1.54, 1.807) is 0 Å². The van der Waals surface area contributed by atoms with E-state index in [9.17, 15) is 0 Å². The molecule has 1 N–H and O–H groups in total. The molecule has 1 aliphatic heterocycles. The van der Waals surface area contributed by atoms with E-state index >= 15 is 0 Å². The minimum absolute atomic E-state index is 0.975. The van der Waals surface area contributed by atoms with Gasteiger partial charge in [0.2, 0.25) is 0 Å². The quantitative estimate of drug-likeness (QED) is 0.844. The summed E-state index contributed by atoms with van der Waals surface area (Å²) in [4.78, 5) is 2.36. The van der Waals surface area contributed by atoms with E-state index in [2.05, 4.69) is 75.5 Å². The normalized spacial score (nSPS) is 14.0. The second-order valence-electron chi connectivity index (χ2n) is 4.58. The number of rotatable bonds is 1. The van der Waals surface area contributed by atoms with Gasteiger partial charge in [-0.1, -0.05) is 28.1 Å². The average Bonchev–Trinajstić information content (AvgIpc) is 2.38. The molecule has 3 rings (SSSR count). The lowest BCUT2D eigenvalue weighted by molar-refractivity contribution is 0.925. The predicted molar refractivity (Wildman–Crippen MR) is 80.8 cm³/mol. The highest BCUT2D eigenvalue weighted by Gasteiger charge is 2.17. The summed E-state index contributed by atoms with van der Waals surface area (Å²) in [6.07, 6.45) is 0. The van der Waals surface area contributed by atoms with Crippen molar-refractivity contribution in [2.24, 2.45) is 0 Å². The van der Waals surface area contributed by atoms with Crippen molar-refractivity contribution in [2.45, 2.75) is 6.92 Å². The van der Waals surface area contributed by atoms with Crippen molar-refractivity contribution in [3.05, 3.63) is 52.5 Å². The molecule has 0 atom stereocenters. The van der Waals surface area contributed by atoms with Gasteiger partial charge in [-0.2, -0.15) is 0 Å².